The van der Waals surface area contributed by atoms with Gasteiger partial charge in [0, 0.05) is 12.8 Å². The highest BCUT2D eigenvalue weighted by Gasteiger charge is 2.44. The molecule has 1 aliphatic rings. The van der Waals surface area contributed by atoms with Gasteiger partial charge in [0.05, 0.1) is 32.0 Å². The number of unbranched alkanes of at least 4 members (excludes halogenated alkanes) is 30. The zero-order valence-electron chi connectivity index (χ0n) is 47.7. The van der Waals surface area contributed by atoms with Crippen LogP contribution in [0.15, 0.2) is 72.9 Å². The van der Waals surface area contributed by atoms with Gasteiger partial charge in [0.2, 0.25) is 5.91 Å². The third kappa shape index (κ3) is 42.8. The largest absolute Gasteiger partial charge is 0.466 e. The standard InChI is InChI=1S/C64H113NO10/c1-3-5-7-9-11-13-14-15-16-17-19-23-26-29-32-36-40-44-48-52-60(69)73-53-49-45-41-37-33-30-27-24-21-18-20-22-25-28-31-35-39-43-47-51-59(68)65-56(57(67)50-46-42-38-34-12-10-8-6-4-2)55-74-64-63(72)62(71)61(70)58(54-66)75-64/h4,6,12,15-16,24,27,30,33-34,46,50,56-58,61-64,66-67,70-72H,3,5,7-11,13-14,17-23,25-26,28-29,31-32,35-45,47-49,51-55H2,1-2H3,(H,65,68)/b6-4+,16-15-,27-24-,33-30-,34-12+,50-46+. The van der Waals surface area contributed by atoms with Gasteiger partial charge < -0.3 is 45.1 Å². The van der Waals surface area contributed by atoms with E-state index in [1.807, 2.05) is 19.1 Å². The van der Waals surface area contributed by atoms with Gasteiger partial charge in [-0.1, -0.05) is 208 Å². The lowest BCUT2D eigenvalue weighted by atomic mass is 9.99. The topological polar surface area (TPSA) is 175 Å². The first-order chi connectivity index (χ1) is 36.7. The van der Waals surface area contributed by atoms with Crippen LogP contribution < -0.4 is 5.32 Å². The van der Waals surface area contributed by atoms with Gasteiger partial charge >= 0.3 is 5.97 Å². The number of ether oxygens (including phenoxy) is 3. The molecule has 0 radical (unpaired) electrons. The van der Waals surface area contributed by atoms with Crippen LogP contribution in [0, 0.1) is 0 Å². The molecule has 0 saturated carbocycles. The maximum Gasteiger partial charge on any atom is 0.305 e. The minimum atomic E-state index is -1.58. The number of carbonyl (C=O) groups is 2. The van der Waals surface area contributed by atoms with Crippen molar-refractivity contribution in [1.29, 1.82) is 0 Å². The average Bonchev–Trinajstić information content (AvgIpc) is 3.41. The number of hydrogen-bond donors (Lipinski definition) is 6. The molecule has 434 valence electrons. The van der Waals surface area contributed by atoms with E-state index in [2.05, 4.69) is 66.9 Å². The molecule has 0 spiro atoms. The zero-order chi connectivity index (χ0) is 54.5. The van der Waals surface area contributed by atoms with Crippen LogP contribution in [0.2, 0.25) is 0 Å². The summed E-state index contributed by atoms with van der Waals surface area (Å²) >= 11 is 0. The molecule has 1 amide bonds. The third-order valence-electron chi connectivity index (χ3n) is 14.1. The van der Waals surface area contributed by atoms with E-state index in [-0.39, 0.29) is 18.5 Å². The van der Waals surface area contributed by atoms with Crippen molar-refractivity contribution in [3.63, 3.8) is 0 Å². The first-order valence-corrected chi connectivity index (χ1v) is 30.7. The molecule has 0 aromatic rings. The molecule has 0 aromatic carbocycles. The van der Waals surface area contributed by atoms with E-state index in [4.69, 9.17) is 14.2 Å². The fraction of sp³-hybridized carbons (Fsp3) is 0.781. The molecular formula is C64H113NO10. The van der Waals surface area contributed by atoms with Crippen molar-refractivity contribution in [1.82, 2.24) is 5.32 Å². The Morgan fingerprint density at radius 2 is 0.960 bits per heavy atom. The van der Waals surface area contributed by atoms with Gasteiger partial charge in [-0.05, 0) is 110 Å². The predicted molar refractivity (Wildman–Crippen MR) is 310 cm³/mol. The predicted octanol–water partition coefficient (Wildman–Crippen LogP) is 14.4. The van der Waals surface area contributed by atoms with Crippen molar-refractivity contribution in [2.75, 3.05) is 19.8 Å². The maximum absolute atomic E-state index is 13.0. The van der Waals surface area contributed by atoms with Crippen LogP contribution in [0.25, 0.3) is 0 Å². The molecule has 0 bridgehead atoms. The lowest BCUT2D eigenvalue weighted by Gasteiger charge is -2.40. The maximum atomic E-state index is 13.0. The minimum Gasteiger partial charge on any atom is -0.466 e. The summed E-state index contributed by atoms with van der Waals surface area (Å²) in [7, 11) is 0. The first kappa shape index (κ1) is 70.1. The number of aliphatic hydroxyl groups is 5. The minimum absolute atomic E-state index is 0.0307. The third-order valence-corrected chi connectivity index (χ3v) is 14.1. The van der Waals surface area contributed by atoms with Crippen molar-refractivity contribution in [3.8, 4) is 0 Å². The second kappa shape index (κ2) is 53.1. The highest BCUT2D eigenvalue weighted by atomic mass is 16.7. The zero-order valence-corrected chi connectivity index (χ0v) is 47.7. The summed E-state index contributed by atoms with van der Waals surface area (Å²) in [4.78, 5) is 25.1. The number of aliphatic hydroxyl groups excluding tert-OH is 5. The van der Waals surface area contributed by atoms with Crippen LogP contribution in [0.1, 0.15) is 258 Å². The Morgan fingerprint density at radius 3 is 1.48 bits per heavy atom. The van der Waals surface area contributed by atoms with E-state index in [9.17, 15) is 35.1 Å². The number of rotatable bonds is 52. The SMILES string of the molecule is C/C=C/CC/C=C/CC/C=C/C(O)C(COC1OC(CO)C(O)C(O)C1O)NC(=O)CCCCCCCCCCCC/C=C\C=C/CCCCCOC(=O)CCCCCCCCCCC/C=C\CCCCCCCC. The average molecular weight is 1060 g/mol. The molecule has 1 fully saturated rings. The second-order valence-electron chi connectivity index (χ2n) is 21.1. The van der Waals surface area contributed by atoms with E-state index >= 15 is 0 Å². The fourth-order valence-electron chi connectivity index (χ4n) is 9.22. The molecular weight excluding hydrogens is 943 g/mol. The van der Waals surface area contributed by atoms with Crippen LogP contribution in [-0.4, -0.2) is 100 Å². The van der Waals surface area contributed by atoms with E-state index in [1.54, 1.807) is 6.08 Å². The molecule has 1 rings (SSSR count). The molecule has 1 saturated heterocycles. The molecule has 75 heavy (non-hydrogen) atoms. The van der Waals surface area contributed by atoms with Crippen molar-refractivity contribution in [3.05, 3.63) is 72.9 Å². The van der Waals surface area contributed by atoms with Gasteiger partial charge in [-0.25, -0.2) is 0 Å². The van der Waals surface area contributed by atoms with Gasteiger partial charge in [-0.2, -0.15) is 0 Å². The Kier molecular flexibility index (Phi) is 49.7. The van der Waals surface area contributed by atoms with Crippen molar-refractivity contribution < 1.29 is 49.3 Å². The summed E-state index contributed by atoms with van der Waals surface area (Å²) < 4.78 is 16.6. The number of esters is 1. The van der Waals surface area contributed by atoms with Crippen LogP contribution in [0.3, 0.4) is 0 Å². The molecule has 6 N–H and O–H groups in total. The summed E-state index contributed by atoms with van der Waals surface area (Å²) in [5, 5.41) is 54.1. The molecule has 0 aromatic heterocycles. The Balaban J connectivity index is 2.02. The van der Waals surface area contributed by atoms with Gasteiger partial charge in [0.25, 0.3) is 0 Å². The normalized spacial score (nSPS) is 19.3. The van der Waals surface area contributed by atoms with Crippen LogP contribution in [0.4, 0.5) is 0 Å². The lowest BCUT2D eigenvalue weighted by molar-refractivity contribution is -0.302. The van der Waals surface area contributed by atoms with E-state index in [1.165, 1.54) is 135 Å². The molecule has 11 nitrogen and oxygen atoms in total. The summed E-state index contributed by atoms with van der Waals surface area (Å²) in [6.07, 6.45) is 60.4. The fourth-order valence-corrected chi connectivity index (χ4v) is 9.22. The van der Waals surface area contributed by atoms with Crippen LogP contribution in [-0.2, 0) is 23.8 Å². The van der Waals surface area contributed by atoms with Crippen molar-refractivity contribution in [2.24, 2.45) is 0 Å². The molecule has 11 heteroatoms. The summed E-state index contributed by atoms with van der Waals surface area (Å²) in [5.41, 5.74) is 0. The first-order valence-electron chi connectivity index (χ1n) is 30.7. The summed E-state index contributed by atoms with van der Waals surface area (Å²) in [6, 6.07) is -0.843. The Bertz CT molecular complexity index is 1470. The van der Waals surface area contributed by atoms with E-state index in [0.29, 0.717) is 25.9 Å². The van der Waals surface area contributed by atoms with Crippen LogP contribution in [0.5, 0.6) is 0 Å². The highest BCUT2D eigenvalue weighted by Crippen LogP contribution is 2.23. The summed E-state index contributed by atoms with van der Waals surface area (Å²) in [5.74, 6) is -0.242. The number of hydrogen-bond acceptors (Lipinski definition) is 10. The molecule has 1 aliphatic heterocycles. The Labute approximate surface area is 458 Å². The van der Waals surface area contributed by atoms with Gasteiger partial charge in [-0.15, -0.1) is 0 Å². The number of nitrogens with one attached hydrogen (secondary N) is 1. The number of allylic oxidation sites excluding steroid dienone is 11. The quantitative estimate of drug-likeness (QED) is 0.0149. The monoisotopic (exact) mass is 1060 g/mol. The van der Waals surface area contributed by atoms with E-state index in [0.717, 1.165) is 89.9 Å². The molecule has 7 unspecified atom stereocenters. The van der Waals surface area contributed by atoms with Gasteiger partial charge in [-0.3, -0.25) is 9.59 Å². The second-order valence-corrected chi connectivity index (χ2v) is 21.1. The Hall–Kier alpha value is -2.90. The lowest BCUT2D eigenvalue weighted by Crippen LogP contribution is -2.60. The van der Waals surface area contributed by atoms with Crippen LogP contribution >= 0.6 is 0 Å². The smallest absolute Gasteiger partial charge is 0.305 e. The molecule has 7 atom stereocenters. The number of amides is 1. The van der Waals surface area contributed by atoms with E-state index < -0.39 is 49.5 Å². The molecule has 1 heterocycles. The number of carbonyl (C=O) groups excluding carboxylic acids is 2. The Morgan fingerprint density at radius 1 is 0.520 bits per heavy atom. The summed E-state index contributed by atoms with van der Waals surface area (Å²) in [6.45, 7) is 4.03. The van der Waals surface area contributed by atoms with Gasteiger partial charge in [0.1, 0.15) is 24.4 Å². The van der Waals surface area contributed by atoms with Crippen molar-refractivity contribution >= 4 is 11.9 Å². The molecule has 0 aliphatic carbocycles. The van der Waals surface area contributed by atoms with Crippen molar-refractivity contribution in [2.45, 2.75) is 301 Å². The van der Waals surface area contributed by atoms with Gasteiger partial charge in [0.15, 0.2) is 6.29 Å². The highest BCUT2D eigenvalue weighted by molar-refractivity contribution is 5.76.